The summed E-state index contributed by atoms with van der Waals surface area (Å²) >= 11 is 0. The maximum atomic E-state index is 10.1. The van der Waals surface area contributed by atoms with Crippen LogP contribution in [-0.2, 0) is 9.53 Å². The van der Waals surface area contributed by atoms with Crippen LogP contribution >= 0.6 is 0 Å². The minimum absolute atomic E-state index is 0.233. The van der Waals surface area contributed by atoms with Crippen LogP contribution < -0.4 is 0 Å². The van der Waals surface area contributed by atoms with E-state index in [1.165, 1.54) is 0 Å². The summed E-state index contributed by atoms with van der Waals surface area (Å²) in [5, 5.41) is 8.28. The summed E-state index contributed by atoms with van der Waals surface area (Å²) in [6.45, 7) is 3.62. The lowest BCUT2D eigenvalue weighted by atomic mass is 10.2. The SMILES string of the molecule is C=C(CCCCC(=O)O)OC. The van der Waals surface area contributed by atoms with Gasteiger partial charge in [0, 0.05) is 12.8 Å². The van der Waals surface area contributed by atoms with Gasteiger partial charge in [0.25, 0.3) is 0 Å². The highest BCUT2D eigenvalue weighted by Crippen LogP contribution is 2.06. The highest BCUT2D eigenvalue weighted by atomic mass is 16.5. The molecule has 0 aliphatic rings. The molecule has 0 saturated heterocycles. The van der Waals surface area contributed by atoms with E-state index in [-0.39, 0.29) is 6.42 Å². The largest absolute Gasteiger partial charge is 0.502 e. The normalized spacial score (nSPS) is 9.18. The van der Waals surface area contributed by atoms with E-state index < -0.39 is 5.97 Å². The van der Waals surface area contributed by atoms with Gasteiger partial charge in [0.2, 0.25) is 0 Å². The van der Waals surface area contributed by atoms with Crippen molar-refractivity contribution in [2.75, 3.05) is 7.11 Å². The van der Waals surface area contributed by atoms with Gasteiger partial charge in [-0.1, -0.05) is 6.58 Å². The average molecular weight is 158 g/mol. The lowest BCUT2D eigenvalue weighted by Crippen LogP contribution is -1.94. The highest BCUT2D eigenvalue weighted by Gasteiger charge is 1.97. The molecule has 0 fully saturated rings. The summed E-state index contributed by atoms with van der Waals surface area (Å²) in [4.78, 5) is 10.1. The molecule has 0 heterocycles. The molecule has 64 valence electrons. The Morgan fingerprint density at radius 1 is 1.45 bits per heavy atom. The van der Waals surface area contributed by atoms with Crippen molar-refractivity contribution >= 4 is 5.97 Å². The van der Waals surface area contributed by atoms with Crippen LogP contribution in [0, 0.1) is 0 Å². The Labute approximate surface area is 66.7 Å². The number of hydrogen-bond acceptors (Lipinski definition) is 2. The zero-order valence-corrected chi connectivity index (χ0v) is 6.80. The van der Waals surface area contributed by atoms with Crippen LogP contribution in [0.4, 0.5) is 0 Å². The fraction of sp³-hybridized carbons (Fsp3) is 0.625. The molecule has 0 rings (SSSR count). The van der Waals surface area contributed by atoms with Crippen LogP contribution in [0.1, 0.15) is 25.7 Å². The Morgan fingerprint density at radius 2 is 2.00 bits per heavy atom. The molecule has 0 amide bonds. The van der Waals surface area contributed by atoms with E-state index in [2.05, 4.69) is 6.58 Å². The number of rotatable bonds is 6. The van der Waals surface area contributed by atoms with Gasteiger partial charge in [0.05, 0.1) is 12.9 Å². The molecule has 11 heavy (non-hydrogen) atoms. The molecular weight excluding hydrogens is 144 g/mol. The summed E-state index contributed by atoms with van der Waals surface area (Å²) < 4.78 is 4.82. The molecule has 0 aromatic heterocycles. The molecule has 3 heteroatoms. The van der Waals surface area contributed by atoms with Crippen molar-refractivity contribution in [3.05, 3.63) is 12.3 Å². The number of carbonyl (C=O) groups is 1. The minimum atomic E-state index is -0.743. The summed E-state index contributed by atoms with van der Waals surface area (Å²) in [6, 6.07) is 0. The van der Waals surface area contributed by atoms with Crippen LogP contribution in [0.5, 0.6) is 0 Å². The van der Waals surface area contributed by atoms with Crippen molar-refractivity contribution < 1.29 is 14.6 Å². The van der Waals surface area contributed by atoms with Gasteiger partial charge in [-0.25, -0.2) is 0 Å². The number of allylic oxidation sites excluding steroid dienone is 1. The lowest BCUT2D eigenvalue weighted by Gasteiger charge is -2.01. The molecule has 0 aromatic carbocycles. The Kier molecular flexibility index (Phi) is 5.25. The van der Waals surface area contributed by atoms with E-state index >= 15 is 0 Å². The van der Waals surface area contributed by atoms with Crippen LogP contribution in [0.25, 0.3) is 0 Å². The van der Waals surface area contributed by atoms with Crippen molar-refractivity contribution in [3.63, 3.8) is 0 Å². The molecule has 3 nitrogen and oxygen atoms in total. The topological polar surface area (TPSA) is 46.5 Å². The van der Waals surface area contributed by atoms with E-state index in [0.717, 1.165) is 18.6 Å². The summed E-state index contributed by atoms with van der Waals surface area (Å²) in [6.07, 6.45) is 2.51. The smallest absolute Gasteiger partial charge is 0.303 e. The van der Waals surface area contributed by atoms with Gasteiger partial charge in [-0.15, -0.1) is 0 Å². The molecule has 0 unspecified atom stereocenters. The third kappa shape index (κ3) is 6.90. The van der Waals surface area contributed by atoms with Gasteiger partial charge in [-0.3, -0.25) is 4.79 Å². The number of carboxylic acids is 1. The van der Waals surface area contributed by atoms with E-state index in [1.54, 1.807) is 7.11 Å². The average Bonchev–Trinajstić information content (AvgIpc) is 1.97. The van der Waals surface area contributed by atoms with Crippen molar-refractivity contribution in [2.24, 2.45) is 0 Å². The summed E-state index contributed by atoms with van der Waals surface area (Å²) in [5.74, 6) is -0.0246. The number of carboxylic acid groups (broad SMARTS) is 1. The fourth-order valence-corrected chi connectivity index (χ4v) is 0.700. The number of unbranched alkanes of at least 4 members (excludes halogenated alkanes) is 1. The number of methoxy groups -OCH3 is 1. The van der Waals surface area contributed by atoms with Crippen LogP contribution in [0.15, 0.2) is 12.3 Å². The lowest BCUT2D eigenvalue weighted by molar-refractivity contribution is -0.137. The van der Waals surface area contributed by atoms with Crippen molar-refractivity contribution in [3.8, 4) is 0 Å². The Hall–Kier alpha value is -0.990. The predicted octanol–water partition coefficient (Wildman–Crippen LogP) is 1.79. The van der Waals surface area contributed by atoms with Crippen LogP contribution in [0.3, 0.4) is 0 Å². The fourth-order valence-electron chi connectivity index (χ4n) is 0.700. The first-order valence-corrected chi connectivity index (χ1v) is 3.60. The molecule has 0 spiro atoms. The second kappa shape index (κ2) is 5.77. The Bertz CT molecular complexity index is 140. The number of hydrogen-bond donors (Lipinski definition) is 1. The third-order valence-electron chi connectivity index (χ3n) is 1.38. The molecule has 0 atom stereocenters. The second-order valence-electron chi connectivity index (χ2n) is 2.34. The van der Waals surface area contributed by atoms with Crippen molar-refractivity contribution in [1.29, 1.82) is 0 Å². The Balaban J connectivity index is 3.14. The number of aliphatic carboxylic acids is 1. The minimum Gasteiger partial charge on any atom is -0.502 e. The van der Waals surface area contributed by atoms with Crippen LogP contribution in [-0.4, -0.2) is 18.2 Å². The zero-order chi connectivity index (χ0) is 8.69. The van der Waals surface area contributed by atoms with Crippen LogP contribution in [0.2, 0.25) is 0 Å². The maximum Gasteiger partial charge on any atom is 0.303 e. The third-order valence-corrected chi connectivity index (χ3v) is 1.38. The first-order valence-electron chi connectivity index (χ1n) is 3.60. The second-order valence-corrected chi connectivity index (χ2v) is 2.34. The van der Waals surface area contributed by atoms with Gasteiger partial charge >= 0.3 is 5.97 Å². The standard InChI is InChI=1S/C8H14O3/c1-7(11-2)5-3-4-6-8(9)10/h1,3-6H2,2H3,(H,9,10). The maximum absolute atomic E-state index is 10.1. The highest BCUT2D eigenvalue weighted by molar-refractivity contribution is 5.66. The molecular formula is C8H14O3. The molecule has 0 aliphatic heterocycles. The van der Waals surface area contributed by atoms with Gasteiger partial charge in [0.15, 0.2) is 0 Å². The Morgan fingerprint density at radius 3 is 2.45 bits per heavy atom. The van der Waals surface area contributed by atoms with E-state index in [1.807, 2.05) is 0 Å². The van der Waals surface area contributed by atoms with E-state index in [4.69, 9.17) is 9.84 Å². The van der Waals surface area contributed by atoms with Crippen molar-refractivity contribution in [2.45, 2.75) is 25.7 Å². The number of ether oxygens (including phenoxy) is 1. The molecule has 0 radical (unpaired) electrons. The van der Waals surface area contributed by atoms with Gasteiger partial charge < -0.3 is 9.84 Å². The first-order chi connectivity index (χ1) is 5.16. The van der Waals surface area contributed by atoms with Gasteiger partial charge in [0.1, 0.15) is 0 Å². The van der Waals surface area contributed by atoms with Gasteiger partial charge in [-0.05, 0) is 12.8 Å². The quantitative estimate of drug-likeness (QED) is 0.473. The first kappa shape index (κ1) is 10.0. The zero-order valence-electron chi connectivity index (χ0n) is 6.80. The monoisotopic (exact) mass is 158 g/mol. The van der Waals surface area contributed by atoms with Gasteiger partial charge in [-0.2, -0.15) is 0 Å². The predicted molar refractivity (Wildman–Crippen MR) is 42.3 cm³/mol. The van der Waals surface area contributed by atoms with E-state index in [9.17, 15) is 4.79 Å². The molecule has 0 aromatic rings. The summed E-state index contributed by atoms with van der Waals surface area (Å²) in [7, 11) is 1.57. The summed E-state index contributed by atoms with van der Waals surface area (Å²) in [5.41, 5.74) is 0. The molecule has 0 bridgehead atoms. The molecule has 0 aliphatic carbocycles. The van der Waals surface area contributed by atoms with Crippen molar-refractivity contribution in [1.82, 2.24) is 0 Å². The van der Waals surface area contributed by atoms with E-state index in [0.29, 0.717) is 6.42 Å². The molecule has 1 N–H and O–H groups in total. The molecule has 0 saturated carbocycles.